The molecule has 0 saturated heterocycles. The van der Waals surface area contributed by atoms with Gasteiger partial charge >= 0.3 is 0 Å². The smallest absolute Gasteiger partial charge is 0.0632 e. The van der Waals surface area contributed by atoms with Gasteiger partial charge in [0.25, 0.3) is 0 Å². The molecule has 24 heavy (non-hydrogen) atoms. The minimum atomic E-state index is 0. The molecule has 0 bridgehead atoms. The zero-order valence-electron chi connectivity index (χ0n) is 13.5. The van der Waals surface area contributed by atoms with Gasteiger partial charge in [0.1, 0.15) is 0 Å². The molecule has 0 amide bonds. The molecule has 0 fully saturated rings. The number of nitrogens with two attached hydrogens (primary N) is 3. The summed E-state index contributed by atoms with van der Waals surface area (Å²) in [5.74, 6) is 1.13. The molecule has 0 aliphatic heterocycles. The van der Waals surface area contributed by atoms with Crippen molar-refractivity contribution in [2.75, 3.05) is 17.2 Å². The standard InChI is InChI=1S/C20H20N3.ClH/c1-13-12-16(6-11-19(13)23)20(14-2-7-17(21)8-3-14)15-4-9-18(22)10-5-15;/h2-12H,21-23H2,1H3;1H/q+1;/p-1. The first kappa shape index (κ1) is 17.6. The lowest BCUT2D eigenvalue weighted by molar-refractivity contribution is -0.00000469. The Labute approximate surface area is 148 Å². The van der Waals surface area contributed by atoms with E-state index in [4.69, 9.17) is 17.2 Å². The van der Waals surface area contributed by atoms with E-state index >= 15 is 0 Å². The van der Waals surface area contributed by atoms with Gasteiger partial charge in [-0.1, -0.05) is 0 Å². The quantitative estimate of drug-likeness (QED) is 0.375. The highest BCUT2D eigenvalue weighted by Crippen LogP contribution is 2.33. The van der Waals surface area contributed by atoms with E-state index in [1.54, 1.807) is 0 Å². The third kappa shape index (κ3) is 3.58. The van der Waals surface area contributed by atoms with Crippen LogP contribution in [0.15, 0.2) is 66.7 Å². The van der Waals surface area contributed by atoms with Crippen molar-refractivity contribution >= 4 is 17.1 Å². The highest BCUT2D eigenvalue weighted by Gasteiger charge is 2.23. The number of nitrogen functional groups attached to an aromatic ring is 3. The van der Waals surface area contributed by atoms with Crippen molar-refractivity contribution in [2.45, 2.75) is 6.92 Å². The van der Waals surface area contributed by atoms with Crippen molar-refractivity contribution in [3.63, 3.8) is 0 Å². The second-order valence-corrected chi connectivity index (χ2v) is 5.69. The van der Waals surface area contributed by atoms with Gasteiger partial charge in [-0.15, -0.1) is 0 Å². The monoisotopic (exact) mass is 337 g/mol. The molecular weight excluding hydrogens is 318 g/mol. The van der Waals surface area contributed by atoms with Gasteiger partial charge < -0.3 is 29.6 Å². The Morgan fingerprint density at radius 3 is 1.46 bits per heavy atom. The molecule has 0 saturated carbocycles. The lowest BCUT2D eigenvalue weighted by Gasteiger charge is -2.14. The van der Waals surface area contributed by atoms with Gasteiger partial charge in [-0.3, -0.25) is 0 Å². The van der Waals surface area contributed by atoms with Crippen molar-refractivity contribution in [1.29, 1.82) is 0 Å². The third-order valence-electron chi connectivity index (χ3n) is 3.96. The van der Waals surface area contributed by atoms with E-state index in [2.05, 4.69) is 6.07 Å². The number of halogens is 1. The van der Waals surface area contributed by atoms with Gasteiger partial charge in [-0.25, -0.2) is 0 Å². The van der Waals surface area contributed by atoms with Crippen molar-refractivity contribution in [2.24, 2.45) is 0 Å². The van der Waals surface area contributed by atoms with Crippen molar-refractivity contribution in [3.8, 4) is 0 Å². The van der Waals surface area contributed by atoms with Crippen LogP contribution in [0.5, 0.6) is 0 Å². The van der Waals surface area contributed by atoms with E-state index in [9.17, 15) is 0 Å². The molecule has 0 unspecified atom stereocenters. The average Bonchev–Trinajstić information content (AvgIpc) is 2.55. The summed E-state index contributed by atoms with van der Waals surface area (Å²) in [6, 6.07) is 21.9. The van der Waals surface area contributed by atoms with Crippen LogP contribution in [0.4, 0.5) is 17.1 Å². The summed E-state index contributed by atoms with van der Waals surface area (Å²) in [5.41, 5.74) is 24.3. The van der Waals surface area contributed by atoms with Crippen LogP contribution in [0.25, 0.3) is 0 Å². The van der Waals surface area contributed by atoms with E-state index in [1.807, 2.05) is 67.6 Å². The molecule has 3 nitrogen and oxygen atoms in total. The Kier molecular flexibility index (Phi) is 5.27. The predicted octanol–water partition coefficient (Wildman–Crippen LogP) is 0.765. The van der Waals surface area contributed by atoms with Crippen LogP contribution in [-0.2, 0) is 0 Å². The van der Waals surface area contributed by atoms with Crippen LogP contribution in [-0.4, -0.2) is 0 Å². The molecule has 4 heteroatoms. The van der Waals surface area contributed by atoms with E-state index in [1.165, 1.54) is 0 Å². The molecule has 122 valence electrons. The van der Waals surface area contributed by atoms with E-state index in [0.717, 1.165) is 45.2 Å². The molecule has 0 aromatic heterocycles. The fraction of sp³-hybridized carbons (Fsp3) is 0.0500. The second-order valence-electron chi connectivity index (χ2n) is 5.69. The molecule has 3 aromatic rings. The Morgan fingerprint density at radius 1 is 0.625 bits per heavy atom. The Hall–Kier alpha value is -2.78. The van der Waals surface area contributed by atoms with Crippen LogP contribution in [0.3, 0.4) is 0 Å². The molecule has 0 spiro atoms. The third-order valence-corrected chi connectivity index (χ3v) is 3.96. The molecule has 0 heterocycles. The second kappa shape index (κ2) is 7.20. The Balaban J connectivity index is 0.00000208. The van der Waals surface area contributed by atoms with Gasteiger partial charge in [0.15, 0.2) is 0 Å². The summed E-state index contributed by atoms with van der Waals surface area (Å²) in [4.78, 5) is 0. The van der Waals surface area contributed by atoms with Gasteiger partial charge in [-0.05, 0) is 79.2 Å². The minimum absolute atomic E-state index is 0. The number of aryl methyl sites for hydroxylation is 1. The first-order valence-electron chi connectivity index (χ1n) is 7.50. The van der Waals surface area contributed by atoms with Gasteiger partial charge in [-0.2, -0.15) is 0 Å². The summed E-state index contributed by atoms with van der Waals surface area (Å²) in [6.07, 6.45) is 0. The number of anilines is 3. The summed E-state index contributed by atoms with van der Waals surface area (Å²) in [7, 11) is 0. The normalized spacial score (nSPS) is 10.0. The maximum Gasteiger partial charge on any atom is 0.0632 e. The lowest BCUT2D eigenvalue weighted by Crippen LogP contribution is -3.00. The summed E-state index contributed by atoms with van der Waals surface area (Å²) in [5, 5.41) is 0. The van der Waals surface area contributed by atoms with Gasteiger partial charge in [0, 0.05) is 17.1 Å². The first-order valence-corrected chi connectivity index (χ1v) is 7.50. The number of hydrogen-bond donors (Lipinski definition) is 3. The van der Waals surface area contributed by atoms with Crippen LogP contribution in [0, 0.1) is 12.8 Å². The topological polar surface area (TPSA) is 78.1 Å². The summed E-state index contributed by atoms with van der Waals surface area (Å²) >= 11 is 0. The average molecular weight is 338 g/mol. The van der Waals surface area contributed by atoms with Crippen LogP contribution in [0.1, 0.15) is 22.3 Å². The molecule has 0 atom stereocenters. The summed E-state index contributed by atoms with van der Waals surface area (Å²) in [6.45, 7) is 2.02. The Morgan fingerprint density at radius 2 is 1.04 bits per heavy atom. The first-order chi connectivity index (χ1) is 11.0. The van der Waals surface area contributed by atoms with Crippen molar-refractivity contribution in [1.82, 2.24) is 0 Å². The summed E-state index contributed by atoms with van der Waals surface area (Å²) < 4.78 is 0. The fourth-order valence-electron chi connectivity index (χ4n) is 2.63. The lowest BCUT2D eigenvalue weighted by atomic mass is 9.84. The molecule has 3 aromatic carbocycles. The van der Waals surface area contributed by atoms with E-state index in [0.29, 0.717) is 0 Å². The molecular formula is C20H20ClN3. The minimum Gasteiger partial charge on any atom is -1.00 e. The predicted molar refractivity (Wildman–Crippen MR) is 97.8 cm³/mol. The highest BCUT2D eigenvalue weighted by atomic mass is 35.5. The van der Waals surface area contributed by atoms with Crippen LogP contribution >= 0.6 is 0 Å². The van der Waals surface area contributed by atoms with Gasteiger partial charge in [0.2, 0.25) is 0 Å². The molecule has 0 radical (unpaired) electrons. The number of rotatable bonds is 3. The Bertz CT molecular complexity index is 766. The molecule has 0 aliphatic carbocycles. The van der Waals surface area contributed by atoms with E-state index < -0.39 is 0 Å². The van der Waals surface area contributed by atoms with Crippen molar-refractivity contribution < 1.29 is 12.4 Å². The molecule has 0 aliphatic rings. The van der Waals surface area contributed by atoms with Crippen molar-refractivity contribution in [3.05, 3.63) is 94.9 Å². The largest absolute Gasteiger partial charge is 1.00 e. The van der Waals surface area contributed by atoms with Crippen LogP contribution in [0.2, 0.25) is 0 Å². The van der Waals surface area contributed by atoms with Gasteiger partial charge in [0.05, 0.1) is 22.6 Å². The highest BCUT2D eigenvalue weighted by molar-refractivity contribution is 5.62. The molecule has 6 N–H and O–H groups in total. The van der Waals surface area contributed by atoms with E-state index in [-0.39, 0.29) is 12.4 Å². The molecule has 3 rings (SSSR count). The maximum atomic E-state index is 5.96. The zero-order valence-corrected chi connectivity index (χ0v) is 14.2. The number of benzene rings is 3. The van der Waals surface area contributed by atoms with Crippen LogP contribution < -0.4 is 29.6 Å². The fourth-order valence-corrected chi connectivity index (χ4v) is 2.63. The maximum absolute atomic E-state index is 5.96. The number of hydrogen-bond acceptors (Lipinski definition) is 3. The SMILES string of the molecule is Cc1cc([C+](c2ccc(N)cc2)c2ccc(N)cc2)ccc1N.[Cl-]. The zero-order chi connectivity index (χ0) is 16.4.